The summed E-state index contributed by atoms with van der Waals surface area (Å²) in [4.78, 5) is 10.3. The maximum Gasteiger partial charge on any atom is 0.221 e. The van der Waals surface area contributed by atoms with E-state index in [0.29, 0.717) is 6.42 Å². The summed E-state index contributed by atoms with van der Waals surface area (Å²) < 4.78 is 0. The van der Waals surface area contributed by atoms with Crippen molar-refractivity contribution in [1.82, 2.24) is 0 Å². The van der Waals surface area contributed by atoms with Crippen molar-refractivity contribution in [2.45, 2.75) is 44.8 Å². The Kier molecular flexibility index (Phi) is 13.6. The van der Waals surface area contributed by atoms with Crippen molar-refractivity contribution >= 4 is 25.6 Å². The van der Waals surface area contributed by atoms with Crippen LogP contribution in [0.15, 0.2) is 0 Å². The molecule has 0 saturated heterocycles. The number of hydrogen-bond donors (Lipinski definition) is 0. The van der Waals surface area contributed by atoms with Crippen LogP contribution >= 0.6 is 11.6 Å². The van der Waals surface area contributed by atoms with Gasteiger partial charge in [-0.05, 0) is 18.0 Å². The van der Waals surface area contributed by atoms with Gasteiger partial charge in [-0.1, -0.05) is 32.0 Å². The molecule has 0 unspecified atom stereocenters. The Morgan fingerprint density at radius 1 is 1.25 bits per heavy atom. The molecule has 0 aromatic rings. The number of rotatable bonds is 6. The van der Waals surface area contributed by atoms with Crippen LogP contribution < -0.4 is 0 Å². The predicted octanol–water partition coefficient (Wildman–Crippen LogP) is 3.06. The van der Waals surface area contributed by atoms with Gasteiger partial charge in [-0.3, -0.25) is 4.79 Å². The number of hydrogen-bond acceptors (Lipinski definition) is 1. The Labute approximate surface area is 107 Å². The Bertz CT molecular complexity index is 120. The summed E-state index contributed by atoms with van der Waals surface area (Å²) in [5.74, 6) is 0. The van der Waals surface area contributed by atoms with Crippen molar-refractivity contribution < 1.29 is 37.5 Å². The predicted molar refractivity (Wildman–Crippen MR) is 51.6 cm³/mol. The Balaban J connectivity index is 0. The van der Waals surface area contributed by atoms with Crippen LogP contribution in [0.5, 0.6) is 0 Å². The summed E-state index contributed by atoms with van der Waals surface area (Å²) in [6, 6.07) is 1.36. The Morgan fingerprint density at radius 3 is 2.25 bits per heavy atom. The molecule has 0 amide bonds. The van der Waals surface area contributed by atoms with E-state index in [1.807, 2.05) is 0 Å². The molecule has 0 spiro atoms. The van der Waals surface area contributed by atoms with Crippen LogP contribution in [0.4, 0.5) is 0 Å². The summed E-state index contributed by atoms with van der Waals surface area (Å²) in [7, 11) is -0.0530. The molecule has 1 nitrogen and oxygen atoms in total. The van der Waals surface area contributed by atoms with Gasteiger partial charge in [0.25, 0.3) is 0 Å². The average molecular weight is 281 g/mol. The first-order chi connectivity index (χ1) is 5.13. The first kappa shape index (κ1) is 15.7. The fourth-order valence-corrected chi connectivity index (χ4v) is 2.01. The smallest absolute Gasteiger partial charge is 0.221 e. The summed E-state index contributed by atoms with van der Waals surface area (Å²) in [5.41, 5.74) is 0. The van der Waals surface area contributed by atoms with E-state index >= 15 is 0 Å². The fourth-order valence-electron chi connectivity index (χ4n) is 0.919. The second-order valence-corrected chi connectivity index (χ2v) is 6.46. The SMILES string of the molecule is C[Si](C)CCCCCC(=O)Cl.[Y]. The molecule has 0 rings (SSSR count). The van der Waals surface area contributed by atoms with Gasteiger partial charge in [0.1, 0.15) is 0 Å². The van der Waals surface area contributed by atoms with Gasteiger partial charge >= 0.3 is 0 Å². The van der Waals surface area contributed by atoms with Gasteiger partial charge in [0.2, 0.25) is 5.24 Å². The molecule has 0 N–H and O–H groups in total. The van der Waals surface area contributed by atoms with E-state index in [1.54, 1.807) is 0 Å². The first-order valence-electron chi connectivity index (χ1n) is 4.10. The third-order valence-electron chi connectivity index (χ3n) is 1.55. The van der Waals surface area contributed by atoms with E-state index in [-0.39, 0.29) is 46.7 Å². The second kappa shape index (κ2) is 10.4. The minimum absolute atomic E-state index is 0. The van der Waals surface area contributed by atoms with Gasteiger partial charge in [0.05, 0.1) is 0 Å². The molecule has 0 heterocycles. The molecule has 0 fully saturated rings. The normalized spacial score (nSPS) is 9.67. The van der Waals surface area contributed by atoms with E-state index in [2.05, 4.69) is 13.1 Å². The summed E-state index contributed by atoms with van der Waals surface area (Å²) >= 11 is 5.19. The molecule has 0 aliphatic heterocycles. The van der Waals surface area contributed by atoms with Gasteiger partial charge in [-0.2, -0.15) is 0 Å². The van der Waals surface area contributed by atoms with Crippen LogP contribution in [-0.4, -0.2) is 14.0 Å². The minimum atomic E-state index is -0.191. The monoisotopic (exact) mass is 280 g/mol. The van der Waals surface area contributed by atoms with Crippen LogP contribution in [0, 0.1) is 0 Å². The molecule has 0 atom stereocenters. The summed E-state index contributed by atoms with van der Waals surface area (Å²) in [5, 5.41) is -0.191. The van der Waals surface area contributed by atoms with Gasteiger partial charge in [-0.25, -0.2) is 0 Å². The molecular weight excluding hydrogens is 265 g/mol. The van der Waals surface area contributed by atoms with Gasteiger partial charge in [0, 0.05) is 47.9 Å². The standard InChI is InChI=1S/C8H16ClOSi.Y/c1-11(2)7-5-3-4-6-8(9)10;/h3-7H2,1-2H3;. The zero-order valence-corrected chi connectivity index (χ0v) is 12.5. The van der Waals surface area contributed by atoms with Crippen LogP contribution in [-0.2, 0) is 37.5 Å². The number of halogens is 1. The maximum atomic E-state index is 10.3. The average Bonchev–Trinajstić information content (AvgIpc) is 1.85. The van der Waals surface area contributed by atoms with E-state index in [9.17, 15) is 4.79 Å². The van der Waals surface area contributed by atoms with Crippen LogP contribution in [0.3, 0.4) is 0 Å². The zero-order chi connectivity index (χ0) is 8.69. The third kappa shape index (κ3) is 13.8. The maximum absolute atomic E-state index is 10.3. The number of carbonyl (C=O) groups is 1. The molecule has 0 aliphatic rings. The second-order valence-electron chi connectivity index (χ2n) is 3.12. The molecule has 12 heavy (non-hydrogen) atoms. The quantitative estimate of drug-likeness (QED) is 0.415. The van der Waals surface area contributed by atoms with Crippen molar-refractivity contribution in [3.63, 3.8) is 0 Å². The Hall–Kier alpha value is 1.28. The van der Waals surface area contributed by atoms with E-state index in [0.717, 1.165) is 12.8 Å². The van der Waals surface area contributed by atoms with Crippen molar-refractivity contribution in [3.05, 3.63) is 0 Å². The number of unbranched alkanes of at least 4 members (excludes halogenated alkanes) is 2. The summed E-state index contributed by atoms with van der Waals surface area (Å²) in [6.07, 6.45) is 3.95. The molecular formula is C8H16ClOSiY. The molecule has 68 valence electrons. The fraction of sp³-hybridized carbons (Fsp3) is 0.875. The van der Waals surface area contributed by atoms with Crippen LogP contribution in [0.25, 0.3) is 0 Å². The third-order valence-corrected chi connectivity index (χ3v) is 3.09. The molecule has 2 radical (unpaired) electrons. The summed E-state index contributed by atoms with van der Waals surface area (Å²) in [6.45, 7) is 4.63. The van der Waals surface area contributed by atoms with E-state index < -0.39 is 0 Å². The number of carbonyl (C=O) groups excluding carboxylic acids is 1. The zero-order valence-electron chi connectivity index (χ0n) is 7.90. The van der Waals surface area contributed by atoms with Crippen molar-refractivity contribution in [2.24, 2.45) is 0 Å². The van der Waals surface area contributed by atoms with Crippen LogP contribution in [0.2, 0.25) is 19.1 Å². The molecule has 0 aliphatic carbocycles. The van der Waals surface area contributed by atoms with Gasteiger partial charge in [-0.15, -0.1) is 0 Å². The van der Waals surface area contributed by atoms with Crippen molar-refractivity contribution in [1.29, 1.82) is 0 Å². The first-order valence-corrected chi connectivity index (χ1v) is 7.19. The van der Waals surface area contributed by atoms with Gasteiger partial charge in [0.15, 0.2) is 0 Å². The van der Waals surface area contributed by atoms with Crippen LogP contribution in [0.1, 0.15) is 25.7 Å². The topological polar surface area (TPSA) is 17.1 Å². The Morgan fingerprint density at radius 2 is 1.83 bits per heavy atom. The molecule has 0 bridgehead atoms. The van der Waals surface area contributed by atoms with E-state index in [4.69, 9.17) is 11.6 Å². The molecule has 0 aromatic carbocycles. The molecule has 4 heteroatoms. The molecule has 0 aromatic heterocycles. The minimum Gasteiger partial charge on any atom is -0.281 e. The van der Waals surface area contributed by atoms with Crippen molar-refractivity contribution in [3.8, 4) is 0 Å². The van der Waals surface area contributed by atoms with E-state index in [1.165, 1.54) is 12.5 Å². The van der Waals surface area contributed by atoms with Crippen molar-refractivity contribution in [2.75, 3.05) is 0 Å². The largest absolute Gasteiger partial charge is 0.281 e. The van der Waals surface area contributed by atoms with Gasteiger partial charge < -0.3 is 0 Å². The molecule has 0 saturated carbocycles.